The fourth-order valence-corrected chi connectivity index (χ4v) is 2.75. The van der Waals surface area contributed by atoms with Gasteiger partial charge in [-0.05, 0) is 18.1 Å². The van der Waals surface area contributed by atoms with Gasteiger partial charge in [-0.2, -0.15) is 10.4 Å². The third-order valence-electron chi connectivity index (χ3n) is 3.72. The fraction of sp³-hybridized carbons (Fsp3) is 0.429. The summed E-state index contributed by atoms with van der Waals surface area (Å²) in [6, 6.07) is 2.24. The van der Waals surface area contributed by atoms with Crippen LogP contribution in [0.3, 0.4) is 0 Å². The number of nitrogens with two attached hydrogens (primary N) is 1. The van der Waals surface area contributed by atoms with E-state index in [1.165, 1.54) is 0 Å². The molecule has 0 aromatic carbocycles. The number of hydrazone groups is 1. The van der Waals surface area contributed by atoms with Crippen molar-refractivity contribution in [3.63, 3.8) is 0 Å². The van der Waals surface area contributed by atoms with Gasteiger partial charge in [-0.3, -0.25) is 5.43 Å². The molecule has 0 aromatic heterocycles. The maximum atomic E-state index is 9.21. The molecule has 19 heavy (non-hydrogen) atoms. The average molecular weight is 257 g/mol. The van der Waals surface area contributed by atoms with Crippen LogP contribution in [0.25, 0.3) is 0 Å². The quantitative estimate of drug-likeness (QED) is 0.789. The molecule has 3 N–H and O–H groups in total. The van der Waals surface area contributed by atoms with Gasteiger partial charge >= 0.3 is 0 Å². The molecule has 0 fully saturated rings. The molecular formula is C14H19N5. The zero-order chi connectivity index (χ0) is 14.0. The van der Waals surface area contributed by atoms with E-state index >= 15 is 0 Å². The lowest BCUT2D eigenvalue weighted by molar-refractivity contribution is 0.355. The highest BCUT2D eigenvalue weighted by Crippen LogP contribution is 2.30. The Kier molecular flexibility index (Phi) is 3.72. The summed E-state index contributed by atoms with van der Waals surface area (Å²) in [5.74, 6) is -0.165. The normalized spacial score (nSPS) is 30.5. The summed E-state index contributed by atoms with van der Waals surface area (Å²) in [7, 11) is 2.01. The molecule has 5 nitrogen and oxygen atoms in total. The van der Waals surface area contributed by atoms with E-state index in [1.54, 1.807) is 0 Å². The number of likely N-dealkylation sites (N-methyl/N-ethyl adjacent to an activating group) is 1. The van der Waals surface area contributed by atoms with E-state index in [1.807, 2.05) is 19.2 Å². The van der Waals surface area contributed by atoms with Crippen molar-refractivity contribution in [3.05, 3.63) is 36.6 Å². The van der Waals surface area contributed by atoms with Crippen molar-refractivity contribution in [2.75, 3.05) is 13.6 Å². The Morgan fingerprint density at radius 3 is 2.84 bits per heavy atom. The topological polar surface area (TPSA) is 77.4 Å². The Morgan fingerprint density at radius 1 is 1.53 bits per heavy atom. The molecule has 2 heterocycles. The van der Waals surface area contributed by atoms with Gasteiger partial charge in [0.05, 0.1) is 11.8 Å². The third-order valence-corrected chi connectivity index (χ3v) is 3.72. The first-order valence-electron chi connectivity index (χ1n) is 6.29. The van der Waals surface area contributed by atoms with Crippen LogP contribution in [0, 0.1) is 23.2 Å². The zero-order valence-electron chi connectivity index (χ0n) is 11.1. The third kappa shape index (κ3) is 2.27. The minimum atomic E-state index is -0.401. The van der Waals surface area contributed by atoms with E-state index in [-0.39, 0.29) is 11.8 Å². The molecule has 2 aliphatic rings. The van der Waals surface area contributed by atoms with E-state index in [0.29, 0.717) is 0 Å². The first-order valence-corrected chi connectivity index (χ1v) is 6.29. The first kappa shape index (κ1) is 13.4. The first-order chi connectivity index (χ1) is 9.12. The number of hydrogen-bond acceptors (Lipinski definition) is 5. The van der Waals surface area contributed by atoms with Crippen molar-refractivity contribution in [2.24, 2.45) is 22.7 Å². The molecule has 0 saturated carbocycles. The fourth-order valence-electron chi connectivity index (χ4n) is 2.75. The smallest absolute Gasteiger partial charge is 0.121 e. The molecule has 3 unspecified atom stereocenters. The van der Waals surface area contributed by atoms with Gasteiger partial charge in [0, 0.05) is 25.2 Å². The summed E-state index contributed by atoms with van der Waals surface area (Å²) in [6.07, 6.45) is 4.11. The van der Waals surface area contributed by atoms with Crippen LogP contribution in [0.4, 0.5) is 0 Å². The number of rotatable bonds is 3. The molecular weight excluding hydrogens is 238 g/mol. The summed E-state index contributed by atoms with van der Waals surface area (Å²) in [4.78, 5) is 2.12. The van der Waals surface area contributed by atoms with Gasteiger partial charge in [0.2, 0.25) is 0 Å². The van der Waals surface area contributed by atoms with Crippen LogP contribution in [0.1, 0.15) is 6.42 Å². The maximum Gasteiger partial charge on any atom is 0.121 e. The van der Waals surface area contributed by atoms with Crippen LogP contribution in [-0.4, -0.2) is 30.4 Å². The van der Waals surface area contributed by atoms with Crippen LogP contribution in [-0.2, 0) is 0 Å². The molecule has 2 rings (SSSR count). The molecule has 0 radical (unpaired) electrons. The Bertz CT molecular complexity index is 496. The Labute approximate surface area is 113 Å². The standard InChI is InChI=1S/C14H19N5/c1-4-9-6-10(8-19(3)12(9)5-2)13-11(7-15)14(16)18-17-13/h4-5,10-11,14,18H,1-2,6,8,16H2,3H3. The molecule has 3 atom stereocenters. The molecule has 5 heteroatoms. The zero-order valence-corrected chi connectivity index (χ0v) is 11.1. The van der Waals surface area contributed by atoms with Crippen molar-refractivity contribution < 1.29 is 0 Å². The van der Waals surface area contributed by atoms with Crippen LogP contribution in [0.5, 0.6) is 0 Å². The Hall–Kier alpha value is -2.06. The van der Waals surface area contributed by atoms with Crippen molar-refractivity contribution in [1.82, 2.24) is 10.3 Å². The molecule has 0 amide bonds. The van der Waals surface area contributed by atoms with Crippen molar-refractivity contribution in [1.29, 1.82) is 5.26 Å². The van der Waals surface area contributed by atoms with Crippen LogP contribution in [0.2, 0.25) is 0 Å². The van der Waals surface area contributed by atoms with E-state index in [4.69, 9.17) is 5.73 Å². The summed E-state index contributed by atoms with van der Waals surface area (Å²) in [5.41, 5.74) is 11.7. The minimum Gasteiger partial charge on any atom is -0.374 e. The number of hydrogen-bond donors (Lipinski definition) is 2. The lowest BCUT2D eigenvalue weighted by Gasteiger charge is -2.34. The van der Waals surface area contributed by atoms with Gasteiger partial charge in [-0.15, -0.1) is 0 Å². The number of nitrogens with zero attached hydrogens (tertiary/aromatic N) is 3. The van der Waals surface area contributed by atoms with Gasteiger partial charge in [0.1, 0.15) is 12.1 Å². The average Bonchev–Trinajstić information content (AvgIpc) is 2.78. The minimum absolute atomic E-state index is 0.187. The van der Waals surface area contributed by atoms with E-state index < -0.39 is 6.17 Å². The molecule has 0 aromatic rings. The van der Waals surface area contributed by atoms with Gasteiger partial charge in [-0.1, -0.05) is 19.2 Å². The van der Waals surface area contributed by atoms with E-state index in [9.17, 15) is 5.26 Å². The van der Waals surface area contributed by atoms with E-state index in [0.717, 1.165) is 29.9 Å². The van der Waals surface area contributed by atoms with Crippen molar-refractivity contribution in [2.45, 2.75) is 12.6 Å². The summed E-state index contributed by atoms with van der Waals surface area (Å²) in [5, 5.41) is 13.5. The van der Waals surface area contributed by atoms with Crippen LogP contribution in [0.15, 0.2) is 41.7 Å². The summed E-state index contributed by atoms with van der Waals surface area (Å²) >= 11 is 0. The highest BCUT2D eigenvalue weighted by atomic mass is 15.4. The SMILES string of the molecule is C=CC1=C(C=C)N(C)CC(C2=NNC(N)C2C#N)C1. The predicted molar refractivity (Wildman–Crippen MR) is 75.8 cm³/mol. The number of nitrogens with one attached hydrogen (secondary N) is 1. The summed E-state index contributed by atoms with van der Waals surface area (Å²) in [6.45, 7) is 8.50. The second kappa shape index (κ2) is 5.29. The highest BCUT2D eigenvalue weighted by molar-refractivity contribution is 5.93. The van der Waals surface area contributed by atoms with Gasteiger partial charge < -0.3 is 10.6 Å². The second-order valence-corrected chi connectivity index (χ2v) is 4.90. The van der Waals surface area contributed by atoms with Crippen molar-refractivity contribution in [3.8, 4) is 6.07 Å². The lowest BCUT2D eigenvalue weighted by atomic mass is 9.84. The Morgan fingerprint density at radius 2 is 2.26 bits per heavy atom. The largest absolute Gasteiger partial charge is 0.374 e. The van der Waals surface area contributed by atoms with Crippen LogP contribution >= 0.6 is 0 Å². The molecule has 100 valence electrons. The Balaban J connectivity index is 2.26. The van der Waals surface area contributed by atoms with Crippen LogP contribution < -0.4 is 11.2 Å². The maximum absolute atomic E-state index is 9.21. The van der Waals surface area contributed by atoms with E-state index in [2.05, 4.69) is 34.7 Å². The molecule has 0 aliphatic carbocycles. The van der Waals surface area contributed by atoms with Gasteiger partial charge in [0.15, 0.2) is 0 Å². The lowest BCUT2D eigenvalue weighted by Crippen LogP contribution is -2.41. The highest BCUT2D eigenvalue weighted by Gasteiger charge is 2.36. The number of nitriles is 1. The van der Waals surface area contributed by atoms with Crippen molar-refractivity contribution >= 4 is 5.71 Å². The molecule has 0 spiro atoms. The molecule has 2 aliphatic heterocycles. The second-order valence-electron chi connectivity index (χ2n) is 4.90. The molecule has 0 bridgehead atoms. The summed E-state index contributed by atoms with van der Waals surface area (Å²) < 4.78 is 0. The number of allylic oxidation sites excluding steroid dienone is 3. The van der Waals surface area contributed by atoms with Gasteiger partial charge in [-0.25, -0.2) is 0 Å². The molecule has 0 saturated heterocycles. The predicted octanol–water partition coefficient (Wildman–Crippen LogP) is 0.948. The monoisotopic (exact) mass is 257 g/mol. The van der Waals surface area contributed by atoms with Gasteiger partial charge in [0.25, 0.3) is 0 Å².